The van der Waals surface area contributed by atoms with Crippen molar-refractivity contribution in [1.29, 1.82) is 0 Å². The highest BCUT2D eigenvalue weighted by atomic mass is 19.4. The molecule has 0 saturated carbocycles. The summed E-state index contributed by atoms with van der Waals surface area (Å²) in [6.07, 6.45) is -1.96. The quantitative estimate of drug-likeness (QED) is 0.573. The molecule has 6 nitrogen and oxygen atoms in total. The van der Waals surface area contributed by atoms with Crippen molar-refractivity contribution in [2.75, 3.05) is 33.5 Å². The van der Waals surface area contributed by atoms with Gasteiger partial charge in [0.25, 0.3) is 5.91 Å². The molecule has 0 saturated heterocycles. The van der Waals surface area contributed by atoms with E-state index in [0.717, 1.165) is 12.1 Å². The number of carbonyl (C=O) groups is 1. The van der Waals surface area contributed by atoms with E-state index in [9.17, 15) is 18.0 Å². The first-order chi connectivity index (χ1) is 13.8. The second-order valence-electron chi connectivity index (χ2n) is 6.59. The second kappa shape index (κ2) is 11.2. The number of nitrogens with one attached hydrogen (secondary N) is 1. The average molecular weight is 417 g/mol. The Hall–Kier alpha value is -2.10. The molecule has 1 aliphatic rings. The maximum Gasteiger partial charge on any atom is 0.416 e. The molecule has 2 atom stereocenters. The molecule has 0 bridgehead atoms. The number of unbranched alkanes of at least 4 members (excludes halogenated alkanes) is 1. The Morgan fingerprint density at radius 3 is 2.59 bits per heavy atom. The maximum absolute atomic E-state index is 12.8. The van der Waals surface area contributed by atoms with Crippen LogP contribution in [0.25, 0.3) is 0 Å². The molecule has 0 aromatic heterocycles. The highest BCUT2D eigenvalue weighted by molar-refractivity contribution is 5.91. The van der Waals surface area contributed by atoms with E-state index in [2.05, 4.69) is 5.32 Å². The topological polar surface area (TPSA) is 77.0 Å². The van der Waals surface area contributed by atoms with Crippen LogP contribution in [0, 0.1) is 0 Å². The molecule has 1 amide bonds. The molecule has 1 aromatic carbocycles. The molecule has 162 valence electrons. The Kier molecular flexibility index (Phi) is 8.94. The molecular formula is C20H26F3NO5. The van der Waals surface area contributed by atoms with Gasteiger partial charge in [-0.3, -0.25) is 4.79 Å². The van der Waals surface area contributed by atoms with E-state index in [1.54, 1.807) is 6.08 Å². The molecular weight excluding hydrogens is 391 g/mol. The first-order valence-electron chi connectivity index (χ1n) is 9.40. The van der Waals surface area contributed by atoms with Crippen molar-refractivity contribution in [2.24, 2.45) is 0 Å². The number of hydrogen-bond donors (Lipinski definition) is 2. The van der Waals surface area contributed by atoms with Gasteiger partial charge in [0.15, 0.2) is 5.76 Å². The van der Waals surface area contributed by atoms with E-state index < -0.39 is 23.9 Å². The number of rotatable bonds is 10. The summed E-state index contributed by atoms with van der Waals surface area (Å²) in [5, 5.41) is 11.5. The van der Waals surface area contributed by atoms with Crippen LogP contribution in [0.5, 0.6) is 0 Å². The lowest BCUT2D eigenvalue weighted by atomic mass is 9.92. The number of aliphatic hydroxyl groups excluding tert-OH is 1. The molecule has 1 heterocycles. The van der Waals surface area contributed by atoms with Crippen LogP contribution >= 0.6 is 0 Å². The minimum atomic E-state index is -4.41. The summed E-state index contributed by atoms with van der Waals surface area (Å²) in [6, 6.07) is 4.85. The first kappa shape index (κ1) is 23.2. The third-order valence-electron chi connectivity index (χ3n) is 4.40. The van der Waals surface area contributed by atoms with Crippen molar-refractivity contribution in [3.8, 4) is 0 Å². The number of carbonyl (C=O) groups excluding carboxylic acids is 1. The monoisotopic (exact) mass is 417 g/mol. The van der Waals surface area contributed by atoms with Crippen molar-refractivity contribution < 1.29 is 37.3 Å². The molecule has 0 aliphatic carbocycles. The lowest BCUT2D eigenvalue weighted by Gasteiger charge is -2.29. The SMILES string of the molecule is COCCNC(=O)C1=C[C@@H](c2ccc(C(F)(F)F)cc2)C[C@@H](OCCCCO)O1. The van der Waals surface area contributed by atoms with Gasteiger partial charge >= 0.3 is 6.18 Å². The van der Waals surface area contributed by atoms with Crippen molar-refractivity contribution >= 4 is 5.91 Å². The van der Waals surface area contributed by atoms with E-state index in [1.165, 1.54) is 19.2 Å². The molecule has 0 unspecified atom stereocenters. The summed E-state index contributed by atoms with van der Waals surface area (Å²) < 4.78 is 54.6. The van der Waals surface area contributed by atoms with Gasteiger partial charge in [-0.25, -0.2) is 0 Å². The summed E-state index contributed by atoms with van der Waals surface area (Å²) in [5.74, 6) is -0.718. The lowest BCUT2D eigenvalue weighted by molar-refractivity contribution is -0.146. The zero-order valence-corrected chi connectivity index (χ0v) is 16.2. The summed E-state index contributed by atoms with van der Waals surface area (Å²) in [7, 11) is 1.51. The Labute approximate surface area is 167 Å². The van der Waals surface area contributed by atoms with E-state index >= 15 is 0 Å². The van der Waals surface area contributed by atoms with Crippen molar-refractivity contribution in [1.82, 2.24) is 5.32 Å². The third kappa shape index (κ3) is 7.34. The summed E-state index contributed by atoms with van der Waals surface area (Å²) in [5.41, 5.74) is -0.0981. The number of benzene rings is 1. The van der Waals surface area contributed by atoms with Gasteiger partial charge in [-0.05, 0) is 36.6 Å². The Morgan fingerprint density at radius 2 is 1.97 bits per heavy atom. The molecule has 0 spiro atoms. The molecule has 1 aromatic rings. The number of aliphatic hydroxyl groups is 1. The van der Waals surface area contributed by atoms with E-state index in [0.29, 0.717) is 44.6 Å². The number of allylic oxidation sites excluding steroid dienone is 1. The van der Waals surface area contributed by atoms with Gasteiger partial charge in [0.2, 0.25) is 6.29 Å². The number of hydrogen-bond acceptors (Lipinski definition) is 5. The molecule has 1 aliphatic heterocycles. The van der Waals surface area contributed by atoms with E-state index in [4.69, 9.17) is 19.3 Å². The van der Waals surface area contributed by atoms with Crippen LogP contribution in [-0.4, -0.2) is 50.8 Å². The van der Waals surface area contributed by atoms with Crippen LogP contribution < -0.4 is 5.32 Å². The van der Waals surface area contributed by atoms with Crippen LogP contribution in [0.3, 0.4) is 0 Å². The molecule has 2 N–H and O–H groups in total. The largest absolute Gasteiger partial charge is 0.459 e. The van der Waals surface area contributed by atoms with Crippen LogP contribution in [0.4, 0.5) is 13.2 Å². The fraction of sp³-hybridized carbons (Fsp3) is 0.550. The zero-order valence-electron chi connectivity index (χ0n) is 16.2. The van der Waals surface area contributed by atoms with Crippen LogP contribution in [-0.2, 0) is 25.2 Å². The van der Waals surface area contributed by atoms with Crippen LogP contribution in [0.1, 0.15) is 36.3 Å². The fourth-order valence-electron chi connectivity index (χ4n) is 2.85. The van der Waals surface area contributed by atoms with Crippen molar-refractivity contribution in [3.05, 3.63) is 47.2 Å². The molecule has 29 heavy (non-hydrogen) atoms. The number of amides is 1. The zero-order chi connectivity index (χ0) is 21.3. The standard InChI is InChI=1S/C20H26F3NO5/c1-27-11-8-24-19(26)17-12-15(13-18(29-17)28-10-3-2-9-25)14-4-6-16(7-5-14)20(21,22)23/h4-7,12,15,18,25H,2-3,8-11,13H2,1H3,(H,24,26)/t15-,18+/m1/s1. The molecule has 0 radical (unpaired) electrons. The van der Waals surface area contributed by atoms with Gasteiger partial charge in [0.1, 0.15) is 0 Å². The van der Waals surface area contributed by atoms with Gasteiger partial charge in [0.05, 0.1) is 18.8 Å². The number of methoxy groups -OCH3 is 1. The average Bonchev–Trinajstić information content (AvgIpc) is 2.70. The van der Waals surface area contributed by atoms with Crippen LogP contribution in [0.15, 0.2) is 36.1 Å². The number of ether oxygens (including phenoxy) is 3. The van der Waals surface area contributed by atoms with Gasteiger partial charge < -0.3 is 24.6 Å². The highest BCUT2D eigenvalue weighted by Gasteiger charge is 2.32. The molecule has 2 rings (SSSR count). The minimum absolute atomic E-state index is 0.0517. The third-order valence-corrected chi connectivity index (χ3v) is 4.40. The van der Waals surface area contributed by atoms with Gasteiger partial charge in [-0.1, -0.05) is 12.1 Å². The van der Waals surface area contributed by atoms with Gasteiger partial charge in [0, 0.05) is 32.6 Å². The maximum atomic E-state index is 12.8. The Balaban J connectivity index is 2.13. The van der Waals surface area contributed by atoms with Crippen molar-refractivity contribution in [3.63, 3.8) is 0 Å². The Morgan fingerprint density at radius 1 is 1.24 bits per heavy atom. The van der Waals surface area contributed by atoms with Crippen molar-refractivity contribution in [2.45, 2.75) is 37.6 Å². The van der Waals surface area contributed by atoms with Gasteiger partial charge in [-0.15, -0.1) is 0 Å². The normalized spacial score (nSPS) is 19.4. The smallest absolute Gasteiger partial charge is 0.416 e. The Bertz CT molecular complexity index is 676. The first-order valence-corrected chi connectivity index (χ1v) is 9.40. The van der Waals surface area contributed by atoms with Gasteiger partial charge in [-0.2, -0.15) is 13.2 Å². The summed E-state index contributed by atoms with van der Waals surface area (Å²) in [6.45, 7) is 1.02. The molecule has 0 fully saturated rings. The second-order valence-corrected chi connectivity index (χ2v) is 6.59. The van der Waals surface area contributed by atoms with Crippen LogP contribution in [0.2, 0.25) is 0 Å². The minimum Gasteiger partial charge on any atom is -0.459 e. The van der Waals surface area contributed by atoms with E-state index in [-0.39, 0.29) is 18.3 Å². The van der Waals surface area contributed by atoms with E-state index in [1.807, 2.05) is 0 Å². The number of halogens is 3. The number of alkyl halides is 3. The summed E-state index contributed by atoms with van der Waals surface area (Å²) >= 11 is 0. The highest BCUT2D eigenvalue weighted by Crippen LogP contribution is 2.34. The summed E-state index contributed by atoms with van der Waals surface area (Å²) in [4.78, 5) is 12.4. The molecule has 9 heteroatoms. The fourth-order valence-corrected chi connectivity index (χ4v) is 2.85. The predicted octanol–water partition coefficient (Wildman–Crippen LogP) is 2.97. The predicted molar refractivity (Wildman–Crippen MR) is 98.9 cm³/mol. The lowest BCUT2D eigenvalue weighted by Crippen LogP contribution is -2.34.